The number of ether oxygens (including phenoxy) is 1. The average Bonchev–Trinajstić information content (AvgIpc) is 3.63. The van der Waals surface area contributed by atoms with Crippen LogP contribution in [0.3, 0.4) is 0 Å². The number of nitrogens with zero attached hydrogens (tertiary/aromatic N) is 4. The summed E-state index contributed by atoms with van der Waals surface area (Å²) in [6.07, 6.45) is -8.22. The normalized spacial score (nSPS) is 22.4. The lowest BCUT2D eigenvalue weighted by atomic mass is 9.87. The van der Waals surface area contributed by atoms with Crippen molar-refractivity contribution in [2.75, 3.05) is 37.8 Å². The minimum absolute atomic E-state index is 0.0147. The fraction of sp³-hybridized carbons (Fsp3) is 0.667. The number of carboxylic acid groups (broad SMARTS) is 1. The number of thioether (sulfide) groups is 1. The standard InChI is InChI=1S/C27H44N7O20P3S/c1-26(2,21(40)24(41)30-5-4-15(35)29-6-7-58-17(38)9-27(3,42)8-16(36)37)11-51-57(48,49)54-56(46,47)50-10-14-20(53-55(43,44)45)19(39)25(52-14)34-13-33-18-22(28)31-12-32-23(18)34/h12-14,19-21,25,39-40,42H,4-11H2,1-3H3,(H,29,35)(H,30,41)(H,36,37)(H,46,47)(H,48,49)(H2,28,31,32)(H2,43,44,45)/t14-,19?,20+,21+,25-,27?/m1/s1. The second-order valence-electron chi connectivity index (χ2n) is 13.5. The molecule has 1 aliphatic rings. The molecule has 0 bridgehead atoms. The van der Waals surface area contributed by atoms with E-state index < -0.39 is 114 Å². The van der Waals surface area contributed by atoms with Gasteiger partial charge in [-0.1, -0.05) is 25.6 Å². The number of nitrogens with two attached hydrogens (primary N) is 1. The topological polar surface area (TPSA) is 421 Å². The van der Waals surface area contributed by atoms with Gasteiger partial charge in [0.25, 0.3) is 0 Å². The summed E-state index contributed by atoms with van der Waals surface area (Å²) in [5.41, 5.74) is 2.44. The third-order valence-corrected chi connectivity index (χ3v) is 11.8. The number of phosphoric ester groups is 3. The van der Waals surface area contributed by atoms with Crippen molar-refractivity contribution in [1.29, 1.82) is 0 Å². The second-order valence-corrected chi connectivity index (χ2v) is 18.9. The summed E-state index contributed by atoms with van der Waals surface area (Å²) < 4.78 is 62.0. The predicted octanol–water partition coefficient (Wildman–Crippen LogP) is -1.72. The maximum atomic E-state index is 12.7. The number of carboxylic acids is 1. The maximum absolute atomic E-state index is 12.7. The number of aromatic nitrogens is 4. The van der Waals surface area contributed by atoms with Gasteiger partial charge in [-0.25, -0.2) is 28.6 Å². The highest BCUT2D eigenvalue weighted by molar-refractivity contribution is 8.13. The van der Waals surface area contributed by atoms with Gasteiger partial charge in [0.15, 0.2) is 22.8 Å². The van der Waals surface area contributed by atoms with Gasteiger partial charge in [0.05, 0.1) is 31.6 Å². The number of carbonyl (C=O) groups is 4. The highest BCUT2D eigenvalue weighted by Gasteiger charge is 2.50. The molecule has 3 heterocycles. The molecule has 1 aliphatic heterocycles. The van der Waals surface area contributed by atoms with Crippen LogP contribution in [0.25, 0.3) is 11.2 Å². The molecule has 27 nitrogen and oxygen atoms in total. The van der Waals surface area contributed by atoms with Crippen molar-refractivity contribution in [2.24, 2.45) is 5.41 Å². The number of aliphatic hydroxyl groups is 3. The number of imidazole rings is 1. The minimum Gasteiger partial charge on any atom is -0.481 e. The van der Waals surface area contributed by atoms with E-state index >= 15 is 0 Å². The number of rotatable bonds is 23. The summed E-state index contributed by atoms with van der Waals surface area (Å²) in [5, 5.41) is 44.4. The number of hydrogen-bond donors (Lipinski definition) is 11. The van der Waals surface area contributed by atoms with Crippen LogP contribution in [0.5, 0.6) is 0 Å². The molecule has 2 aromatic rings. The number of anilines is 1. The van der Waals surface area contributed by atoms with E-state index in [0.29, 0.717) is 0 Å². The molecule has 2 aromatic heterocycles. The highest BCUT2D eigenvalue weighted by Crippen LogP contribution is 2.61. The van der Waals surface area contributed by atoms with Crippen molar-refractivity contribution < 1.29 is 95.5 Å². The number of nitrogens with one attached hydrogen (secondary N) is 2. The van der Waals surface area contributed by atoms with Crippen molar-refractivity contribution in [1.82, 2.24) is 30.2 Å². The SMILES string of the molecule is CC(O)(CC(=O)O)CC(=O)SCCNC(=O)CCNC(=O)[C@H](O)C(C)(C)COP(=O)(O)OP(=O)(O)OC[C@H]1O[C@@H](n2cnc3c(N)ncnc32)C(O)[C@H]1OP(=O)(O)O. The van der Waals surface area contributed by atoms with Crippen LogP contribution in [0, 0.1) is 5.41 Å². The number of carbonyl (C=O) groups excluding carboxylic acids is 3. The zero-order chi connectivity index (χ0) is 43.9. The van der Waals surface area contributed by atoms with Crippen LogP contribution >= 0.6 is 35.2 Å². The van der Waals surface area contributed by atoms with E-state index in [1.807, 2.05) is 0 Å². The largest absolute Gasteiger partial charge is 0.481 e. The molecule has 0 saturated carbocycles. The van der Waals surface area contributed by atoms with Gasteiger partial charge in [0, 0.05) is 37.1 Å². The summed E-state index contributed by atoms with van der Waals surface area (Å²) in [6.45, 7) is 1.29. The van der Waals surface area contributed by atoms with Crippen LogP contribution in [-0.4, -0.2) is 144 Å². The molecule has 0 radical (unpaired) electrons. The Bertz CT molecular complexity index is 1950. The van der Waals surface area contributed by atoms with Gasteiger partial charge in [-0.05, 0) is 6.92 Å². The molecule has 1 saturated heterocycles. The van der Waals surface area contributed by atoms with Crippen LogP contribution in [0.4, 0.5) is 5.82 Å². The first kappa shape index (κ1) is 49.4. The molecule has 58 heavy (non-hydrogen) atoms. The van der Waals surface area contributed by atoms with Gasteiger partial charge < -0.3 is 61.1 Å². The molecule has 1 fully saturated rings. The van der Waals surface area contributed by atoms with Gasteiger partial charge in [-0.2, -0.15) is 4.31 Å². The lowest BCUT2D eigenvalue weighted by molar-refractivity contribution is -0.142. The van der Waals surface area contributed by atoms with Crippen LogP contribution < -0.4 is 16.4 Å². The van der Waals surface area contributed by atoms with Gasteiger partial charge in [-0.3, -0.25) is 37.3 Å². The fourth-order valence-corrected chi connectivity index (χ4v) is 8.72. The van der Waals surface area contributed by atoms with E-state index in [1.54, 1.807) is 0 Å². The lowest BCUT2D eigenvalue weighted by Gasteiger charge is -2.30. The van der Waals surface area contributed by atoms with Crippen molar-refractivity contribution in [3.05, 3.63) is 12.7 Å². The second kappa shape index (κ2) is 20.0. The van der Waals surface area contributed by atoms with E-state index in [4.69, 9.17) is 24.6 Å². The summed E-state index contributed by atoms with van der Waals surface area (Å²) >= 11 is 0.771. The monoisotopic (exact) mass is 911 g/mol. The first-order chi connectivity index (χ1) is 26.6. The number of phosphoric acid groups is 3. The molecule has 31 heteroatoms. The number of amides is 2. The molecule has 8 atom stereocenters. The molecule has 12 N–H and O–H groups in total. The van der Waals surface area contributed by atoms with E-state index in [0.717, 1.165) is 29.0 Å². The summed E-state index contributed by atoms with van der Waals surface area (Å²) in [7, 11) is -16.5. The van der Waals surface area contributed by atoms with Crippen LogP contribution in [0.1, 0.15) is 46.3 Å². The van der Waals surface area contributed by atoms with Gasteiger partial charge in [0.2, 0.25) is 11.8 Å². The van der Waals surface area contributed by atoms with Gasteiger partial charge in [0.1, 0.15) is 36.3 Å². The summed E-state index contributed by atoms with van der Waals surface area (Å²) in [4.78, 5) is 98.2. The number of nitrogen functional groups attached to an aromatic ring is 1. The summed E-state index contributed by atoms with van der Waals surface area (Å²) in [5.74, 6) is -2.81. The highest BCUT2D eigenvalue weighted by atomic mass is 32.2. The quantitative estimate of drug-likeness (QED) is 0.0436. The minimum atomic E-state index is -5.60. The van der Waals surface area contributed by atoms with Gasteiger partial charge >= 0.3 is 29.4 Å². The molecule has 0 aromatic carbocycles. The van der Waals surface area contributed by atoms with Gasteiger partial charge in [-0.15, -0.1) is 0 Å². The van der Waals surface area contributed by atoms with E-state index in [1.165, 1.54) is 20.8 Å². The molecule has 4 unspecified atom stereocenters. The van der Waals surface area contributed by atoms with E-state index in [9.17, 15) is 67.8 Å². The zero-order valence-corrected chi connectivity index (χ0v) is 34.3. The Morgan fingerprint density at radius 1 is 1.02 bits per heavy atom. The molecule has 2 amide bonds. The first-order valence-electron chi connectivity index (χ1n) is 16.6. The van der Waals surface area contributed by atoms with E-state index in [-0.39, 0.29) is 42.2 Å². The fourth-order valence-electron chi connectivity index (χ4n) is 5.05. The third kappa shape index (κ3) is 15.2. The smallest absolute Gasteiger partial charge is 0.481 e. The predicted molar refractivity (Wildman–Crippen MR) is 195 cm³/mol. The van der Waals surface area contributed by atoms with Crippen LogP contribution in [0.15, 0.2) is 12.7 Å². The Kier molecular flexibility index (Phi) is 17.0. The first-order valence-corrected chi connectivity index (χ1v) is 22.1. The molecular formula is C27H44N7O20P3S. The average molecular weight is 912 g/mol. The number of aliphatic hydroxyl groups excluding tert-OH is 2. The van der Waals surface area contributed by atoms with Crippen molar-refractivity contribution in [3.8, 4) is 0 Å². The Labute approximate surface area is 332 Å². The molecule has 328 valence electrons. The van der Waals surface area contributed by atoms with Crippen molar-refractivity contribution >= 4 is 75.1 Å². The zero-order valence-electron chi connectivity index (χ0n) is 30.8. The Hall–Kier alpha value is -3.01. The Morgan fingerprint density at radius 3 is 2.31 bits per heavy atom. The van der Waals surface area contributed by atoms with Crippen LogP contribution in [0.2, 0.25) is 0 Å². The Balaban J connectivity index is 1.47. The van der Waals surface area contributed by atoms with Crippen LogP contribution in [-0.2, 0) is 55.5 Å². The summed E-state index contributed by atoms with van der Waals surface area (Å²) in [6, 6.07) is 0. The third-order valence-electron chi connectivity index (χ3n) is 7.82. The number of hydrogen-bond acceptors (Lipinski definition) is 20. The molecule has 0 spiro atoms. The molecule has 0 aliphatic carbocycles. The van der Waals surface area contributed by atoms with Crippen molar-refractivity contribution in [3.63, 3.8) is 0 Å². The lowest BCUT2D eigenvalue weighted by Crippen LogP contribution is -2.46. The maximum Gasteiger partial charge on any atom is 0.481 e. The molecule has 3 rings (SSSR count). The van der Waals surface area contributed by atoms with E-state index in [2.05, 4.69) is 34.4 Å². The molecular weight excluding hydrogens is 867 g/mol. The number of fused-ring (bicyclic) bond motifs is 1. The number of aliphatic carboxylic acids is 1. The Morgan fingerprint density at radius 2 is 1.67 bits per heavy atom. The van der Waals surface area contributed by atoms with Crippen molar-refractivity contribution in [2.45, 2.75) is 76.3 Å².